The Morgan fingerprint density at radius 3 is 2.58 bits per heavy atom. The number of nitrogens with one attached hydrogen (secondary N) is 1. The number of halogens is 5. The summed E-state index contributed by atoms with van der Waals surface area (Å²) < 4.78 is 67.9. The third-order valence-corrected chi connectivity index (χ3v) is 4.83. The highest BCUT2D eigenvalue weighted by atomic mass is 19.4. The van der Waals surface area contributed by atoms with Gasteiger partial charge in [0.25, 0.3) is 17.7 Å². The van der Waals surface area contributed by atoms with Crippen molar-refractivity contribution in [2.75, 3.05) is 0 Å². The third-order valence-electron chi connectivity index (χ3n) is 4.83. The number of aromatic nitrogens is 6. The zero-order valence-electron chi connectivity index (χ0n) is 16.3. The van der Waals surface area contributed by atoms with Crippen LogP contribution in [0.25, 0.3) is 11.3 Å². The molecule has 3 aromatic heterocycles. The van der Waals surface area contributed by atoms with Crippen LogP contribution in [0.3, 0.4) is 0 Å². The summed E-state index contributed by atoms with van der Waals surface area (Å²) in [7, 11) is 1.19. The second kappa shape index (κ2) is 7.10. The van der Waals surface area contributed by atoms with Gasteiger partial charge in [-0.15, -0.1) is 5.10 Å². The van der Waals surface area contributed by atoms with Crippen molar-refractivity contribution in [1.29, 1.82) is 0 Å². The maximum Gasteiger partial charge on any atom is 0.453 e. The molecule has 0 spiro atoms. The zero-order valence-corrected chi connectivity index (χ0v) is 16.3. The van der Waals surface area contributed by atoms with Crippen LogP contribution in [0.5, 0.6) is 0 Å². The molecule has 0 unspecified atom stereocenters. The van der Waals surface area contributed by atoms with Crippen LogP contribution in [-0.2, 0) is 25.7 Å². The first-order valence-corrected chi connectivity index (χ1v) is 9.15. The predicted molar refractivity (Wildman–Crippen MR) is 95.9 cm³/mol. The van der Waals surface area contributed by atoms with Crippen LogP contribution < -0.4 is 5.32 Å². The van der Waals surface area contributed by atoms with Crippen molar-refractivity contribution in [3.05, 3.63) is 47.4 Å². The van der Waals surface area contributed by atoms with Crippen LogP contribution in [-0.4, -0.2) is 35.4 Å². The molecule has 4 heterocycles. The number of rotatable bonds is 4. The molecule has 0 saturated heterocycles. The molecule has 164 valence electrons. The molecule has 0 aliphatic carbocycles. The van der Waals surface area contributed by atoms with Gasteiger partial charge in [0.05, 0.1) is 17.4 Å². The largest absolute Gasteiger partial charge is 0.453 e. The van der Waals surface area contributed by atoms with E-state index in [1.165, 1.54) is 19.3 Å². The molecule has 8 nitrogen and oxygen atoms in total. The van der Waals surface area contributed by atoms with E-state index in [2.05, 4.69) is 25.5 Å². The maximum atomic E-state index is 13.6. The van der Waals surface area contributed by atoms with Crippen LogP contribution in [0.4, 0.5) is 22.0 Å². The fraction of sp³-hybridized carbons (Fsp3) is 0.389. The Morgan fingerprint density at radius 2 is 1.94 bits per heavy atom. The van der Waals surface area contributed by atoms with Crippen molar-refractivity contribution < 1.29 is 26.7 Å². The summed E-state index contributed by atoms with van der Waals surface area (Å²) in [5, 5.41) is 10.2. The molecule has 1 aliphatic heterocycles. The normalized spacial score (nSPS) is 16.4. The Labute approximate surface area is 172 Å². The number of carbonyl (C=O) groups excluding carboxylic acids is 1. The van der Waals surface area contributed by atoms with Crippen LogP contribution in [0.1, 0.15) is 47.2 Å². The maximum absolute atomic E-state index is 13.6. The molecular weight excluding hydrogens is 425 g/mol. The van der Waals surface area contributed by atoms with E-state index < -0.39 is 41.4 Å². The summed E-state index contributed by atoms with van der Waals surface area (Å²) in [6.07, 6.45) is -3.04. The van der Waals surface area contributed by atoms with Crippen molar-refractivity contribution in [2.24, 2.45) is 7.05 Å². The van der Waals surface area contributed by atoms with Gasteiger partial charge in [-0.2, -0.15) is 32.0 Å². The number of alkyl halides is 5. The Kier molecular flexibility index (Phi) is 4.78. The Hall–Kier alpha value is -3.38. The number of carbonyl (C=O) groups is 1. The van der Waals surface area contributed by atoms with Gasteiger partial charge >= 0.3 is 6.18 Å². The Bertz CT molecular complexity index is 1150. The first-order chi connectivity index (χ1) is 14.4. The van der Waals surface area contributed by atoms with Crippen LogP contribution in [0.2, 0.25) is 0 Å². The summed E-state index contributed by atoms with van der Waals surface area (Å²) in [5.41, 5.74) is 1.05. The Morgan fingerprint density at radius 1 is 1.19 bits per heavy atom. The molecule has 1 aliphatic rings. The minimum Gasteiger partial charge on any atom is -0.341 e. The summed E-state index contributed by atoms with van der Waals surface area (Å²) in [6.45, 7) is 1.18. The highest BCUT2D eigenvalue weighted by Crippen LogP contribution is 2.32. The van der Waals surface area contributed by atoms with E-state index in [0.717, 1.165) is 11.6 Å². The minimum absolute atomic E-state index is 0.397. The molecule has 3 aromatic rings. The number of pyridine rings is 1. The van der Waals surface area contributed by atoms with E-state index in [9.17, 15) is 26.7 Å². The quantitative estimate of drug-likeness (QED) is 0.629. The SMILES string of the molecule is Cn1nc(C(F)(F)F)nc1C(=O)N[C@@H]1CCn2nc(-c3ccnc(C(C)(F)F)c3)cc21. The van der Waals surface area contributed by atoms with Crippen molar-refractivity contribution in [3.63, 3.8) is 0 Å². The number of nitrogens with zero attached hydrogens (tertiary/aromatic N) is 6. The van der Waals surface area contributed by atoms with E-state index in [1.807, 2.05) is 0 Å². The topological polar surface area (TPSA) is 90.5 Å². The van der Waals surface area contributed by atoms with Gasteiger partial charge in [-0.25, -0.2) is 4.68 Å². The van der Waals surface area contributed by atoms with Gasteiger partial charge in [-0.1, -0.05) is 0 Å². The fourth-order valence-corrected chi connectivity index (χ4v) is 3.33. The molecule has 0 bridgehead atoms. The molecule has 13 heteroatoms. The van der Waals surface area contributed by atoms with Gasteiger partial charge in [0, 0.05) is 32.3 Å². The summed E-state index contributed by atoms with van der Waals surface area (Å²) in [5.74, 6) is -5.81. The first kappa shape index (κ1) is 20.9. The highest BCUT2D eigenvalue weighted by molar-refractivity contribution is 5.91. The molecule has 31 heavy (non-hydrogen) atoms. The third kappa shape index (κ3) is 3.99. The van der Waals surface area contributed by atoms with Gasteiger partial charge in [0.1, 0.15) is 5.69 Å². The van der Waals surface area contributed by atoms with Crippen LogP contribution in [0, 0.1) is 0 Å². The summed E-state index contributed by atoms with van der Waals surface area (Å²) in [4.78, 5) is 19.4. The lowest BCUT2D eigenvalue weighted by molar-refractivity contribution is -0.144. The van der Waals surface area contributed by atoms with Crippen molar-refractivity contribution in [2.45, 2.75) is 38.0 Å². The van der Waals surface area contributed by atoms with Crippen LogP contribution in [0.15, 0.2) is 24.4 Å². The molecule has 4 rings (SSSR count). The molecular formula is C18H16F5N7O. The molecule has 1 N–H and O–H groups in total. The summed E-state index contributed by atoms with van der Waals surface area (Å²) in [6, 6.07) is 3.89. The Balaban J connectivity index is 1.56. The van der Waals surface area contributed by atoms with Gasteiger partial charge in [-0.3, -0.25) is 14.5 Å². The average molecular weight is 441 g/mol. The fourth-order valence-electron chi connectivity index (χ4n) is 3.33. The van der Waals surface area contributed by atoms with Crippen LogP contribution >= 0.6 is 0 Å². The van der Waals surface area contributed by atoms with Gasteiger partial charge < -0.3 is 5.32 Å². The number of amides is 1. The molecule has 1 atom stereocenters. The second-order valence-electron chi connectivity index (χ2n) is 7.19. The highest BCUT2D eigenvalue weighted by Gasteiger charge is 2.38. The number of hydrogen-bond acceptors (Lipinski definition) is 5. The summed E-state index contributed by atoms with van der Waals surface area (Å²) >= 11 is 0. The lowest BCUT2D eigenvalue weighted by Crippen LogP contribution is -2.29. The van der Waals surface area contributed by atoms with Crippen molar-refractivity contribution >= 4 is 5.91 Å². The van der Waals surface area contributed by atoms with E-state index in [4.69, 9.17) is 0 Å². The molecule has 1 amide bonds. The average Bonchev–Trinajstić information content (AvgIpc) is 3.36. The van der Waals surface area contributed by atoms with Gasteiger partial charge in [0.15, 0.2) is 0 Å². The second-order valence-corrected chi connectivity index (χ2v) is 7.19. The number of aryl methyl sites for hydroxylation is 2. The van der Waals surface area contributed by atoms with E-state index in [-0.39, 0.29) is 0 Å². The monoisotopic (exact) mass is 441 g/mol. The van der Waals surface area contributed by atoms with Gasteiger partial charge in [-0.05, 0) is 24.6 Å². The standard InChI is InChI=1S/C18H16F5N7O/c1-17(19,20)13-7-9(3-5-24-13)11-8-12-10(4-6-30(12)27-11)25-15(31)14-26-16(18(21,22)23)28-29(14)2/h3,5,7-8,10H,4,6H2,1-2H3,(H,25,31)/t10-/m1/s1. The van der Waals surface area contributed by atoms with E-state index in [0.29, 0.717) is 29.9 Å². The zero-order chi connectivity index (χ0) is 22.6. The molecule has 0 radical (unpaired) electrons. The molecule has 0 fully saturated rings. The van der Waals surface area contributed by atoms with Crippen molar-refractivity contribution in [3.8, 4) is 11.3 Å². The minimum atomic E-state index is -4.77. The molecule has 0 saturated carbocycles. The lowest BCUT2D eigenvalue weighted by Gasteiger charge is -2.11. The van der Waals surface area contributed by atoms with E-state index in [1.54, 1.807) is 16.8 Å². The van der Waals surface area contributed by atoms with E-state index >= 15 is 0 Å². The first-order valence-electron chi connectivity index (χ1n) is 9.15. The smallest absolute Gasteiger partial charge is 0.341 e. The van der Waals surface area contributed by atoms with Crippen molar-refractivity contribution in [1.82, 2.24) is 34.8 Å². The molecule has 0 aromatic carbocycles. The lowest BCUT2D eigenvalue weighted by atomic mass is 10.1. The van der Waals surface area contributed by atoms with Gasteiger partial charge in [0.2, 0.25) is 5.82 Å². The number of hydrogen-bond donors (Lipinski definition) is 1. The predicted octanol–water partition coefficient (Wildman–Crippen LogP) is 3.08. The number of fused-ring (bicyclic) bond motifs is 1.